The Hall–Kier alpha value is -0.610. The van der Waals surface area contributed by atoms with E-state index in [0.29, 0.717) is 10.1 Å². The summed E-state index contributed by atoms with van der Waals surface area (Å²) in [5.41, 5.74) is 0.756. The summed E-state index contributed by atoms with van der Waals surface area (Å²) in [6.07, 6.45) is 0.936. The van der Waals surface area contributed by atoms with Crippen molar-refractivity contribution >= 4 is 11.8 Å². The number of benzene rings is 1. The molecule has 15 heavy (non-hydrogen) atoms. The van der Waals surface area contributed by atoms with Crippen molar-refractivity contribution in [2.75, 3.05) is 7.05 Å². The smallest absolute Gasteiger partial charge is 0.140 e. The van der Waals surface area contributed by atoms with Gasteiger partial charge in [0.15, 0.2) is 0 Å². The third-order valence-corrected chi connectivity index (χ3v) is 4.30. The van der Waals surface area contributed by atoms with E-state index in [2.05, 4.69) is 12.2 Å². The minimum atomic E-state index is -0.496. The van der Waals surface area contributed by atoms with Crippen LogP contribution in [0.5, 0.6) is 0 Å². The average Bonchev–Trinajstić information content (AvgIpc) is 2.55. The fraction of sp³-hybridized carbons (Fsp3) is 0.455. The van der Waals surface area contributed by atoms with Crippen molar-refractivity contribution in [1.29, 1.82) is 0 Å². The summed E-state index contributed by atoms with van der Waals surface area (Å²) in [6, 6.07) is 2.44. The van der Waals surface area contributed by atoms with Crippen molar-refractivity contribution in [1.82, 2.24) is 5.32 Å². The number of nitrogens with one attached hydrogen (secondary N) is 1. The van der Waals surface area contributed by atoms with E-state index < -0.39 is 11.6 Å². The van der Waals surface area contributed by atoms with Crippen LogP contribution in [0.3, 0.4) is 0 Å². The molecule has 1 aliphatic rings. The van der Waals surface area contributed by atoms with Crippen LogP contribution in [0.4, 0.5) is 8.78 Å². The second kappa shape index (κ2) is 4.10. The molecule has 0 aromatic heterocycles. The minimum Gasteiger partial charge on any atom is -0.312 e. The molecule has 82 valence electrons. The maximum Gasteiger partial charge on any atom is 0.140 e. The first-order valence-corrected chi connectivity index (χ1v) is 5.88. The highest BCUT2D eigenvalue weighted by Gasteiger charge is 2.33. The lowest BCUT2D eigenvalue weighted by molar-refractivity contribution is 0.531. The van der Waals surface area contributed by atoms with Crippen LogP contribution in [0.2, 0.25) is 0 Å². The van der Waals surface area contributed by atoms with Crippen molar-refractivity contribution in [3.63, 3.8) is 0 Å². The Balaban J connectivity index is 2.47. The molecule has 0 bridgehead atoms. The Bertz CT molecular complexity index is 381. The number of hydrogen-bond acceptors (Lipinski definition) is 2. The molecule has 4 heteroatoms. The van der Waals surface area contributed by atoms with Gasteiger partial charge in [-0.15, -0.1) is 11.8 Å². The molecule has 0 spiro atoms. The van der Waals surface area contributed by atoms with Gasteiger partial charge < -0.3 is 5.32 Å². The van der Waals surface area contributed by atoms with Crippen LogP contribution in [0.1, 0.15) is 24.9 Å². The van der Waals surface area contributed by atoms with Gasteiger partial charge in [0, 0.05) is 22.3 Å². The third-order valence-electron chi connectivity index (χ3n) is 2.73. The number of hydrogen-bond donors (Lipinski definition) is 1. The molecule has 1 aromatic rings. The van der Waals surface area contributed by atoms with Crippen molar-refractivity contribution in [3.8, 4) is 0 Å². The highest BCUT2D eigenvalue weighted by atomic mass is 32.2. The first-order chi connectivity index (χ1) is 7.17. The van der Waals surface area contributed by atoms with Gasteiger partial charge in [-0.25, -0.2) is 8.78 Å². The van der Waals surface area contributed by atoms with Crippen LogP contribution in [-0.4, -0.2) is 12.3 Å². The maximum absolute atomic E-state index is 13.5. The Morgan fingerprint density at radius 3 is 2.73 bits per heavy atom. The quantitative estimate of drug-likeness (QED) is 0.836. The lowest BCUT2D eigenvalue weighted by Gasteiger charge is -2.16. The molecule has 0 aliphatic carbocycles. The molecule has 2 rings (SSSR count). The molecule has 1 aliphatic heterocycles. The van der Waals surface area contributed by atoms with Gasteiger partial charge in [-0.1, -0.05) is 6.92 Å². The maximum atomic E-state index is 13.5. The topological polar surface area (TPSA) is 12.0 Å². The predicted octanol–water partition coefficient (Wildman–Crippen LogP) is 3.11. The molecule has 1 N–H and O–H groups in total. The number of thioether (sulfide) groups is 1. The fourth-order valence-corrected chi connectivity index (χ4v) is 3.40. The molecule has 0 fully saturated rings. The molecule has 2 atom stereocenters. The molecule has 2 unspecified atom stereocenters. The van der Waals surface area contributed by atoms with Crippen molar-refractivity contribution < 1.29 is 8.78 Å². The van der Waals surface area contributed by atoms with E-state index in [9.17, 15) is 8.78 Å². The monoisotopic (exact) mass is 229 g/mol. The normalized spacial score (nSPS) is 24.3. The van der Waals surface area contributed by atoms with Gasteiger partial charge in [-0.2, -0.15) is 0 Å². The second-order valence-electron chi connectivity index (χ2n) is 3.64. The van der Waals surface area contributed by atoms with Crippen LogP contribution in [-0.2, 0) is 0 Å². The molecule has 1 aromatic carbocycles. The van der Waals surface area contributed by atoms with Crippen molar-refractivity contribution in [2.45, 2.75) is 29.5 Å². The van der Waals surface area contributed by atoms with E-state index >= 15 is 0 Å². The number of halogens is 2. The molecule has 0 saturated carbocycles. The van der Waals surface area contributed by atoms with Crippen LogP contribution in [0, 0.1) is 11.6 Å². The van der Waals surface area contributed by atoms with E-state index in [-0.39, 0.29) is 6.04 Å². The largest absolute Gasteiger partial charge is 0.312 e. The van der Waals surface area contributed by atoms with E-state index in [1.54, 1.807) is 0 Å². The SMILES string of the molecule is CCC1Sc2c(F)cc(F)cc2C1NC. The molecular weight excluding hydrogens is 216 g/mol. The first kappa shape index (κ1) is 10.9. The van der Waals surface area contributed by atoms with Crippen LogP contribution >= 0.6 is 11.8 Å². The van der Waals surface area contributed by atoms with Gasteiger partial charge in [0.25, 0.3) is 0 Å². The standard InChI is InChI=1S/C11H13F2NS/c1-3-9-10(14-2)7-4-6(12)5-8(13)11(7)15-9/h4-5,9-10,14H,3H2,1-2H3. The number of fused-ring (bicyclic) bond motifs is 1. The Kier molecular flexibility index (Phi) is 2.98. The Labute approximate surface area is 92.3 Å². The van der Waals surface area contributed by atoms with Gasteiger partial charge in [-0.3, -0.25) is 0 Å². The fourth-order valence-electron chi connectivity index (χ4n) is 2.02. The zero-order valence-corrected chi connectivity index (χ0v) is 9.50. The third kappa shape index (κ3) is 1.76. The summed E-state index contributed by atoms with van der Waals surface area (Å²) < 4.78 is 26.6. The van der Waals surface area contributed by atoms with Gasteiger partial charge in [0.05, 0.1) is 0 Å². The zero-order chi connectivity index (χ0) is 11.0. The zero-order valence-electron chi connectivity index (χ0n) is 8.68. The van der Waals surface area contributed by atoms with E-state index in [4.69, 9.17) is 0 Å². The summed E-state index contributed by atoms with van der Waals surface area (Å²) >= 11 is 1.50. The molecular formula is C11H13F2NS. The Morgan fingerprint density at radius 2 is 2.13 bits per heavy atom. The molecule has 1 heterocycles. The first-order valence-electron chi connectivity index (χ1n) is 5.00. The predicted molar refractivity (Wildman–Crippen MR) is 58.1 cm³/mol. The molecule has 0 amide bonds. The molecule has 0 radical (unpaired) electrons. The van der Waals surface area contributed by atoms with Gasteiger partial charge in [0.2, 0.25) is 0 Å². The summed E-state index contributed by atoms with van der Waals surface area (Å²) in [4.78, 5) is 0.600. The summed E-state index contributed by atoms with van der Waals surface area (Å²) in [7, 11) is 1.83. The minimum absolute atomic E-state index is 0.0557. The lowest BCUT2D eigenvalue weighted by Crippen LogP contribution is -2.23. The summed E-state index contributed by atoms with van der Waals surface area (Å²) in [6.45, 7) is 2.06. The average molecular weight is 229 g/mol. The second-order valence-corrected chi connectivity index (χ2v) is 4.89. The van der Waals surface area contributed by atoms with Crippen LogP contribution in [0.25, 0.3) is 0 Å². The molecule has 1 nitrogen and oxygen atoms in total. The summed E-state index contributed by atoms with van der Waals surface area (Å²) in [5, 5.41) is 3.41. The van der Waals surface area contributed by atoms with Gasteiger partial charge in [-0.05, 0) is 25.1 Å². The van der Waals surface area contributed by atoms with Crippen molar-refractivity contribution in [3.05, 3.63) is 29.3 Å². The summed E-state index contributed by atoms with van der Waals surface area (Å²) in [5.74, 6) is -0.935. The van der Waals surface area contributed by atoms with E-state index in [0.717, 1.165) is 18.1 Å². The number of rotatable bonds is 2. The Morgan fingerprint density at radius 1 is 1.40 bits per heavy atom. The highest BCUT2D eigenvalue weighted by Crippen LogP contribution is 2.46. The highest BCUT2D eigenvalue weighted by molar-refractivity contribution is 8.00. The van der Waals surface area contributed by atoms with Crippen LogP contribution in [0.15, 0.2) is 17.0 Å². The lowest BCUT2D eigenvalue weighted by atomic mass is 10.0. The van der Waals surface area contributed by atoms with E-state index in [1.807, 2.05) is 7.05 Å². The van der Waals surface area contributed by atoms with Gasteiger partial charge in [0.1, 0.15) is 11.6 Å². The van der Waals surface area contributed by atoms with Crippen LogP contribution < -0.4 is 5.32 Å². The van der Waals surface area contributed by atoms with E-state index in [1.165, 1.54) is 17.8 Å². The molecule has 0 saturated heterocycles. The van der Waals surface area contributed by atoms with Crippen molar-refractivity contribution in [2.24, 2.45) is 0 Å². The van der Waals surface area contributed by atoms with Gasteiger partial charge >= 0.3 is 0 Å².